The van der Waals surface area contributed by atoms with Crippen LogP contribution in [0.4, 0.5) is 0 Å². The molecule has 1 aliphatic heterocycles. The summed E-state index contributed by atoms with van der Waals surface area (Å²) in [6.45, 7) is 4.80. The van der Waals surface area contributed by atoms with Crippen molar-refractivity contribution in [3.05, 3.63) is 23.8 Å². The van der Waals surface area contributed by atoms with Crippen molar-refractivity contribution in [2.45, 2.75) is 25.9 Å². The molecule has 0 spiro atoms. The summed E-state index contributed by atoms with van der Waals surface area (Å²) >= 11 is 0. The lowest BCUT2D eigenvalue weighted by Crippen LogP contribution is -2.17. The third-order valence-electron chi connectivity index (χ3n) is 2.43. The summed E-state index contributed by atoms with van der Waals surface area (Å²) < 4.78 is 11.2. The van der Waals surface area contributed by atoms with Gasteiger partial charge in [0, 0.05) is 12.0 Å². The van der Waals surface area contributed by atoms with Gasteiger partial charge in [-0.05, 0) is 19.9 Å². The number of benzene rings is 1. The van der Waals surface area contributed by atoms with Crippen molar-refractivity contribution in [1.29, 1.82) is 0 Å². The predicted octanol–water partition coefficient (Wildman–Crippen LogP) is 2.08. The molecule has 0 amide bonds. The number of aliphatic hydroxyl groups is 1. The first-order valence-electron chi connectivity index (χ1n) is 5.20. The first kappa shape index (κ1) is 10.3. The van der Waals surface area contributed by atoms with Crippen LogP contribution in [-0.2, 0) is 5.60 Å². The number of hydrogen-bond acceptors (Lipinski definition) is 3. The van der Waals surface area contributed by atoms with Crippen molar-refractivity contribution in [3.8, 4) is 11.5 Å². The van der Waals surface area contributed by atoms with Crippen molar-refractivity contribution in [2.75, 3.05) is 13.2 Å². The molecule has 0 radical (unpaired) electrons. The Hall–Kier alpha value is -1.22. The molecule has 1 aromatic carbocycles. The van der Waals surface area contributed by atoms with Gasteiger partial charge in [0.1, 0.15) is 0 Å². The van der Waals surface area contributed by atoms with E-state index in [1.54, 1.807) is 13.8 Å². The van der Waals surface area contributed by atoms with Crippen molar-refractivity contribution in [1.82, 2.24) is 0 Å². The number of rotatable bonds is 1. The van der Waals surface area contributed by atoms with Gasteiger partial charge in [0.2, 0.25) is 0 Å². The first-order valence-corrected chi connectivity index (χ1v) is 5.20. The van der Waals surface area contributed by atoms with E-state index in [1.807, 2.05) is 18.2 Å². The summed E-state index contributed by atoms with van der Waals surface area (Å²) in [5.41, 5.74) is -0.124. The fourth-order valence-electron chi connectivity index (χ4n) is 1.68. The van der Waals surface area contributed by atoms with Crippen LogP contribution in [0.2, 0.25) is 0 Å². The van der Waals surface area contributed by atoms with Gasteiger partial charge < -0.3 is 14.6 Å². The lowest BCUT2D eigenvalue weighted by Gasteiger charge is -2.22. The summed E-state index contributed by atoms with van der Waals surface area (Å²) in [4.78, 5) is 0. The highest BCUT2D eigenvalue weighted by Gasteiger charge is 2.24. The van der Waals surface area contributed by atoms with Crippen LogP contribution < -0.4 is 9.47 Å². The monoisotopic (exact) mass is 208 g/mol. The largest absolute Gasteiger partial charge is 0.490 e. The van der Waals surface area contributed by atoms with Gasteiger partial charge in [0.15, 0.2) is 11.5 Å². The molecule has 2 rings (SSSR count). The van der Waals surface area contributed by atoms with E-state index in [0.29, 0.717) is 19.0 Å². The van der Waals surface area contributed by atoms with Gasteiger partial charge in [0.05, 0.1) is 18.8 Å². The maximum atomic E-state index is 10.0. The van der Waals surface area contributed by atoms with Crippen LogP contribution in [0.25, 0.3) is 0 Å². The Morgan fingerprint density at radius 1 is 1.20 bits per heavy atom. The van der Waals surface area contributed by atoms with Gasteiger partial charge in [-0.15, -0.1) is 0 Å². The second-order valence-corrected chi connectivity index (χ2v) is 4.24. The van der Waals surface area contributed by atoms with Gasteiger partial charge in [0.25, 0.3) is 0 Å². The summed E-state index contributed by atoms with van der Waals surface area (Å²) in [7, 11) is 0. The Bertz CT molecular complexity index is 352. The van der Waals surface area contributed by atoms with Crippen LogP contribution in [0.5, 0.6) is 11.5 Å². The maximum Gasteiger partial charge on any atom is 0.167 e. The number of ether oxygens (including phenoxy) is 2. The van der Waals surface area contributed by atoms with Crippen LogP contribution in [-0.4, -0.2) is 18.3 Å². The summed E-state index contributed by atoms with van der Waals surface area (Å²) in [6.07, 6.45) is 0.875. The number of hydrogen-bond donors (Lipinski definition) is 1. The molecule has 1 aromatic rings. The number of fused-ring (bicyclic) bond motifs is 1. The topological polar surface area (TPSA) is 38.7 Å². The predicted molar refractivity (Wildman–Crippen MR) is 57.3 cm³/mol. The third kappa shape index (κ3) is 2.07. The molecular formula is C12H16O3. The molecule has 1 heterocycles. The molecule has 1 N–H and O–H groups in total. The standard InChI is InChI=1S/C12H16O3/c1-12(2,13)9-5-3-6-10-11(9)15-8-4-7-14-10/h3,5-6,13H,4,7-8H2,1-2H3. The zero-order valence-electron chi connectivity index (χ0n) is 9.12. The van der Waals surface area contributed by atoms with Gasteiger partial charge in [-0.25, -0.2) is 0 Å². The molecule has 3 heteroatoms. The maximum absolute atomic E-state index is 10.0. The minimum Gasteiger partial charge on any atom is -0.490 e. The van der Waals surface area contributed by atoms with Gasteiger partial charge in [-0.2, -0.15) is 0 Å². The lowest BCUT2D eigenvalue weighted by atomic mass is 9.97. The Balaban J connectivity index is 2.48. The molecule has 3 nitrogen and oxygen atoms in total. The second kappa shape index (κ2) is 3.74. The normalized spacial score (nSPS) is 15.9. The van der Waals surface area contributed by atoms with E-state index < -0.39 is 5.60 Å². The van der Waals surface area contributed by atoms with E-state index in [0.717, 1.165) is 17.7 Å². The molecule has 1 aliphatic rings. The van der Waals surface area contributed by atoms with E-state index >= 15 is 0 Å². The highest BCUT2D eigenvalue weighted by Crippen LogP contribution is 2.38. The first-order chi connectivity index (χ1) is 7.09. The molecule has 0 aliphatic carbocycles. The van der Waals surface area contributed by atoms with E-state index in [2.05, 4.69) is 0 Å². The molecule has 0 saturated carbocycles. The SMILES string of the molecule is CC(C)(O)c1cccc2c1OCCCO2. The summed E-state index contributed by atoms with van der Waals surface area (Å²) in [5, 5.41) is 10.0. The van der Waals surface area contributed by atoms with Crippen LogP contribution in [0.3, 0.4) is 0 Å². The van der Waals surface area contributed by atoms with E-state index in [1.165, 1.54) is 0 Å². The molecule has 0 fully saturated rings. The van der Waals surface area contributed by atoms with Crippen LogP contribution in [0.1, 0.15) is 25.8 Å². The average molecular weight is 208 g/mol. The van der Waals surface area contributed by atoms with Gasteiger partial charge >= 0.3 is 0 Å². The van der Waals surface area contributed by atoms with Crippen molar-refractivity contribution >= 4 is 0 Å². The molecular weight excluding hydrogens is 192 g/mol. The fraction of sp³-hybridized carbons (Fsp3) is 0.500. The molecule has 0 bridgehead atoms. The third-order valence-corrected chi connectivity index (χ3v) is 2.43. The van der Waals surface area contributed by atoms with Crippen LogP contribution in [0.15, 0.2) is 18.2 Å². The van der Waals surface area contributed by atoms with Crippen LogP contribution in [0, 0.1) is 0 Å². The quantitative estimate of drug-likeness (QED) is 0.768. The minimum absolute atomic E-state index is 0.639. The Kier molecular flexibility index (Phi) is 2.57. The zero-order valence-corrected chi connectivity index (χ0v) is 9.12. The van der Waals surface area contributed by atoms with Crippen LogP contribution >= 0.6 is 0 Å². The lowest BCUT2D eigenvalue weighted by molar-refractivity contribution is 0.0747. The summed E-state index contributed by atoms with van der Waals surface area (Å²) in [6, 6.07) is 5.62. The van der Waals surface area contributed by atoms with Crippen molar-refractivity contribution in [3.63, 3.8) is 0 Å². The minimum atomic E-state index is -0.904. The molecule has 0 unspecified atom stereocenters. The van der Waals surface area contributed by atoms with Gasteiger partial charge in [-0.3, -0.25) is 0 Å². The number of para-hydroxylation sites is 1. The van der Waals surface area contributed by atoms with E-state index in [4.69, 9.17) is 9.47 Å². The van der Waals surface area contributed by atoms with Crippen molar-refractivity contribution in [2.24, 2.45) is 0 Å². The summed E-state index contributed by atoms with van der Waals surface area (Å²) in [5.74, 6) is 1.41. The molecule has 0 atom stereocenters. The highest BCUT2D eigenvalue weighted by molar-refractivity contribution is 5.49. The van der Waals surface area contributed by atoms with E-state index in [9.17, 15) is 5.11 Å². The Morgan fingerprint density at radius 2 is 1.93 bits per heavy atom. The van der Waals surface area contributed by atoms with Gasteiger partial charge in [-0.1, -0.05) is 12.1 Å². The average Bonchev–Trinajstić information content (AvgIpc) is 2.39. The van der Waals surface area contributed by atoms with Crippen molar-refractivity contribution < 1.29 is 14.6 Å². The molecule has 0 aromatic heterocycles. The molecule has 0 saturated heterocycles. The fourth-order valence-corrected chi connectivity index (χ4v) is 1.68. The molecule has 15 heavy (non-hydrogen) atoms. The Morgan fingerprint density at radius 3 is 2.67 bits per heavy atom. The Labute approximate surface area is 89.6 Å². The highest BCUT2D eigenvalue weighted by atomic mass is 16.5. The smallest absolute Gasteiger partial charge is 0.167 e. The second-order valence-electron chi connectivity index (χ2n) is 4.24. The zero-order chi connectivity index (χ0) is 10.9. The van der Waals surface area contributed by atoms with E-state index in [-0.39, 0.29) is 0 Å². The molecule has 82 valence electrons.